The first-order chi connectivity index (χ1) is 28.2. The zero-order chi connectivity index (χ0) is 37.5. The van der Waals surface area contributed by atoms with Gasteiger partial charge in [-0.25, -0.2) is 15.0 Å². The number of fused-ring (bicyclic) bond motifs is 9. The lowest BCUT2D eigenvalue weighted by molar-refractivity contribution is 0.669. The molecule has 0 atom stereocenters. The van der Waals surface area contributed by atoms with Gasteiger partial charge in [-0.05, 0) is 83.9 Å². The van der Waals surface area contributed by atoms with Crippen LogP contribution in [-0.2, 0) is 0 Å². The molecular weight excluding hydrogens is 701 g/mol. The maximum absolute atomic E-state index is 6.49. The SMILES string of the molecule is c1ccc(-c2nc(-c3ccccc3)nc(-c3ccc4oc5cc(-c6ccc7oc8ccc(-n9c%10ccccc%10c%10ccccc%109)cc8c7c6)ccc5c4c3)n2)cc1. The summed E-state index contributed by atoms with van der Waals surface area (Å²) in [7, 11) is 0. The molecule has 12 aromatic rings. The molecule has 0 aliphatic carbocycles. The molecule has 0 aliphatic heterocycles. The van der Waals surface area contributed by atoms with Crippen molar-refractivity contribution in [2.24, 2.45) is 0 Å². The molecule has 12 rings (SSSR count). The summed E-state index contributed by atoms with van der Waals surface area (Å²) >= 11 is 0. The van der Waals surface area contributed by atoms with E-state index in [1.807, 2.05) is 72.8 Å². The predicted octanol–water partition coefficient (Wildman–Crippen LogP) is 13.4. The van der Waals surface area contributed by atoms with Crippen LogP contribution in [0.3, 0.4) is 0 Å². The van der Waals surface area contributed by atoms with Crippen LogP contribution in [-0.4, -0.2) is 19.5 Å². The highest BCUT2D eigenvalue weighted by Crippen LogP contribution is 2.39. The van der Waals surface area contributed by atoms with Gasteiger partial charge in [0.15, 0.2) is 17.5 Å². The fourth-order valence-corrected chi connectivity index (χ4v) is 8.32. The molecule has 0 N–H and O–H groups in total. The van der Waals surface area contributed by atoms with Crippen LogP contribution in [0.5, 0.6) is 0 Å². The predicted molar refractivity (Wildman–Crippen MR) is 230 cm³/mol. The first-order valence-electron chi connectivity index (χ1n) is 19.0. The molecule has 4 aromatic heterocycles. The van der Waals surface area contributed by atoms with E-state index in [1.54, 1.807) is 0 Å². The molecule has 0 aliphatic rings. The fourth-order valence-electron chi connectivity index (χ4n) is 8.32. The van der Waals surface area contributed by atoms with Gasteiger partial charge in [-0.15, -0.1) is 0 Å². The van der Waals surface area contributed by atoms with Crippen molar-refractivity contribution in [1.29, 1.82) is 0 Å². The van der Waals surface area contributed by atoms with E-state index in [4.69, 9.17) is 23.8 Å². The zero-order valence-electron chi connectivity index (χ0n) is 30.4. The molecule has 0 unspecified atom stereocenters. The van der Waals surface area contributed by atoms with Crippen LogP contribution in [0.15, 0.2) is 191 Å². The minimum absolute atomic E-state index is 0.609. The normalized spacial score (nSPS) is 11.9. The van der Waals surface area contributed by atoms with E-state index in [1.165, 1.54) is 21.8 Å². The van der Waals surface area contributed by atoms with Crippen LogP contribution in [0.1, 0.15) is 0 Å². The zero-order valence-corrected chi connectivity index (χ0v) is 30.4. The average molecular weight is 731 g/mol. The molecule has 4 heterocycles. The van der Waals surface area contributed by atoms with Crippen LogP contribution in [0, 0.1) is 0 Å². The van der Waals surface area contributed by atoms with Crippen LogP contribution in [0.2, 0.25) is 0 Å². The number of hydrogen-bond donors (Lipinski definition) is 0. The van der Waals surface area contributed by atoms with E-state index in [2.05, 4.69) is 114 Å². The molecule has 266 valence electrons. The average Bonchev–Trinajstić information content (AvgIpc) is 3.95. The molecule has 0 radical (unpaired) electrons. The Bertz CT molecular complexity index is 3410. The summed E-state index contributed by atoms with van der Waals surface area (Å²) < 4.78 is 15.2. The molecule has 0 amide bonds. The largest absolute Gasteiger partial charge is 0.456 e. The fraction of sp³-hybridized carbons (Fsp3) is 0. The van der Waals surface area contributed by atoms with Gasteiger partial charge in [-0.3, -0.25) is 0 Å². The summed E-state index contributed by atoms with van der Waals surface area (Å²) in [5.41, 5.74) is 11.7. The van der Waals surface area contributed by atoms with Crippen molar-refractivity contribution in [3.8, 4) is 51.0 Å². The highest BCUT2D eigenvalue weighted by atomic mass is 16.3. The van der Waals surface area contributed by atoms with E-state index < -0.39 is 0 Å². The molecular formula is C51H30N4O2. The lowest BCUT2D eigenvalue weighted by Gasteiger charge is -2.08. The second-order valence-electron chi connectivity index (χ2n) is 14.4. The Morgan fingerprint density at radius 1 is 0.298 bits per heavy atom. The summed E-state index contributed by atoms with van der Waals surface area (Å²) in [6.45, 7) is 0. The van der Waals surface area contributed by atoms with Gasteiger partial charge in [0.2, 0.25) is 0 Å². The van der Waals surface area contributed by atoms with E-state index in [9.17, 15) is 0 Å². The number of para-hydroxylation sites is 2. The molecule has 0 saturated carbocycles. The van der Waals surface area contributed by atoms with E-state index in [-0.39, 0.29) is 0 Å². The van der Waals surface area contributed by atoms with Gasteiger partial charge in [0.1, 0.15) is 22.3 Å². The Kier molecular flexibility index (Phi) is 6.83. The van der Waals surface area contributed by atoms with E-state index in [0.29, 0.717) is 17.5 Å². The lowest BCUT2D eigenvalue weighted by atomic mass is 10.0. The Balaban J connectivity index is 0.946. The van der Waals surface area contributed by atoms with Gasteiger partial charge in [-0.1, -0.05) is 109 Å². The van der Waals surface area contributed by atoms with E-state index in [0.717, 1.165) is 77.4 Å². The van der Waals surface area contributed by atoms with Crippen molar-refractivity contribution in [1.82, 2.24) is 19.5 Å². The van der Waals surface area contributed by atoms with Crippen LogP contribution in [0.4, 0.5) is 0 Å². The molecule has 0 spiro atoms. The lowest BCUT2D eigenvalue weighted by Crippen LogP contribution is -2.00. The summed E-state index contributed by atoms with van der Waals surface area (Å²) in [4.78, 5) is 14.8. The summed E-state index contributed by atoms with van der Waals surface area (Å²) in [5, 5.41) is 6.66. The number of rotatable bonds is 5. The van der Waals surface area contributed by atoms with Crippen LogP contribution >= 0.6 is 0 Å². The number of furan rings is 2. The van der Waals surface area contributed by atoms with Crippen molar-refractivity contribution in [3.05, 3.63) is 182 Å². The number of hydrogen-bond acceptors (Lipinski definition) is 5. The third-order valence-corrected chi connectivity index (χ3v) is 11.1. The minimum Gasteiger partial charge on any atom is -0.456 e. The van der Waals surface area contributed by atoms with Crippen molar-refractivity contribution in [2.45, 2.75) is 0 Å². The highest BCUT2D eigenvalue weighted by Gasteiger charge is 2.17. The third kappa shape index (κ3) is 5.08. The highest BCUT2D eigenvalue weighted by molar-refractivity contribution is 6.11. The van der Waals surface area contributed by atoms with E-state index >= 15 is 0 Å². The standard InChI is InChI=1S/C51H30N4O2/c1-3-11-31(12-4-1)49-52-50(32-13-5-2-6-14-32)54-51(53-49)35-21-25-45-40(28-35)39-23-19-34(29-48(39)57-45)33-20-24-46-41(27-33)42-30-36(22-26-47(42)56-46)55-43-17-9-7-15-37(43)38-16-8-10-18-44(38)55/h1-30H. The molecule has 0 saturated heterocycles. The molecule has 8 aromatic carbocycles. The van der Waals surface area contributed by atoms with Gasteiger partial charge in [-0.2, -0.15) is 0 Å². The van der Waals surface area contributed by atoms with Gasteiger partial charge in [0.05, 0.1) is 11.0 Å². The number of nitrogens with zero attached hydrogens (tertiary/aromatic N) is 4. The maximum Gasteiger partial charge on any atom is 0.164 e. The Labute approximate surface area is 325 Å². The quantitative estimate of drug-likeness (QED) is 0.176. The topological polar surface area (TPSA) is 69.9 Å². The smallest absolute Gasteiger partial charge is 0.164 e. The number of aromatic nitrogens is 4. The molecule has 0 bridgehead atoms. The minimum atomic E-state index is 0.609. The number of benzene rings is 8. The summed E-state index contributed by atoms with van der Waals surface area (Å²) in [5.74, 6) is 1.87. The van der Waals surface area contributed by atoms with Crippen LogP contribution < -0.4 is 0 Å². The van der Waals surface area contributed by atoms with Crippen LogP contribution in [0.25, 0.3) is 117 Å². The van der Waals surface area contributed by atoms with Gasteiger partial charge in [0, 0.05) is 54.7 Å². The summed E-state index contributed by atoms with van der Waals surface area (Å²) in [6.07, 6.45) is 0. The molecule has 57 heavy (non-hydrogen) atoms. The molecule has 6 heteroatoms. The third-order valence-electron chi connectivity index (χ3n) is 11.1. The second-order valence-corrected chi connectivity index (χ2v) is 14.4. The Morgan fingerprint density at radius 3 is 1.40 bits per heavy atom. The molecule has 0 fully saturated rings. The van der Waals surface area contributed by atoms with Gasteiger partial charge < -0.3 is 13.4 Å². The maximum atomic E-state index is 6.49. The van der Waals surface area contributed by atoms with Crippen molar-refractivity contribution >= 4 is 65.7 Å². The first kappa shape index (κ1) is 31.5. The summed E-state index contributed by atoms with van der Waals surface area (Å²) in [6, 6.07) is 62.8. The Morgan fingerprint density at radius 2 is 0.754 bits per heavy atom. The van der Waals surface area contributed by atoms with Crippen molar-refractivity contribution < 1.29 is 8.83 Å². The van der Waals surface area contributed by atoms with Crippen molar-refractivity contribution in [2.75, 3.05) is 0 Å². The first-order valence-corrected chi connectivity index (χ1v) is 19.0. The van der Waals surface area contributed by atoms with Gasteiger partial charge in [0.25, 0.3) is 0 Å². The molecule has 6 nitrogen and oxygen atoms in total. The monoisotopic (exact) mass is 730 g/mol. The Hall–Kier alpha value is -7.83. The van der Waals surface area contributed by atoms with Gasteiger partial charge >= 0.3 is 0 Å². The second kappa shape index (κ2) is 12.3. The van der Waals surface area contributed by atoms with Crippen molar-refractivity contribution in [3.63, 3.8) is 0 Å².